The van der Waals surface area contributed by atoms with Crippen LogP contribution in [0.15, 0.2) is 12.3 Å². The van der Waals surface area contributed by atoms with Crippen molar-refractivity contribution in [2.45, 2.75) is 38.8 Å². The molecule has 1 amide bonds. The fourth-order valence-electron chi connectivity index (χ4n) is 2.41. The Labute approximate surface area is 123 Å². The van der Waals surface area contributed by atoms with Gasteiger partial charge >= 0.3 is 0 Å². The Balaban J connectivity index is 1.50. The fraction of sp³-hybridized carbons (Fsp3) is 0.533. The minimum absolute atomic E-state index is 0.140. The van der Waals surface area contributed by atoms with E-state index in [1.165, 1.54) is 0 Å². The molecule has 0 radical (unpaired) electrons. The van der Waals surface area contributed by atoms with Crippen LogP contribution in [0.25, 0.3) is 11.0 Å². The molecule has 0 unspecified atom stereocenters. The molecule has 3 rings (SSSR count). The van der Waals surface area contributed by atoms with Crippen LogP contribution in [-0.2, 0) is 18.4 Å². The highest BCUT2D eigenvalue weighted by Gasteiger charge is 2.22. The molecular formula is C15H21N5O. The van der Waals surface area contributed by atoms with E-state index in [0.717, 1.165) is 35.1 Å². The molecule has 6 heteroatoms. The highest BCUT2D eigenvalue weighted by molar-refractivity contribution is 5.78. The number of nitrogens with zero attached hydrogens (tertiary/aromatic N) is 3. The van der Waals surface area contributed by atoms with Crippen LogP contribution < -0.4 is 10.6 Å². The zero-order valence-electron chi connectivity index (χ0n) is 12.5. The first-order valence-corrected chi connectivity index (χ1v) is 7.42. The first kappa shape index (κ1) is 14.0. The van der Waals surface area contributed by atoms with Gasteiger partial charge in [0.1, 0.15) is 0 Å². The lowest BCUT2D eigenvalue weighted by Crippen LogP contribution is -2.29. The van der Waals surface area contributed by atoms with Crippen molar-refractivity contribution < 1.29 is 4.79 Å². The van der Waals surface area contributed by atoms with Crippen LogP contribution in [0.4, 0.5) is 0 Å². The van der Waals surface area contributed by atoms with Crippen LogP contribution in [0.2, 0.25) is 0 Å². The van der Waals surface area contributed by atoms with Gasteiger partial charge in [-0.2, -0.15) is 5.10 Å². The van der Waals surface area contributed by atoms with Crippen LogP contribution in [0.1, 0.15) is 30.5 Å². The summed E-state index contributed by atoms with van der Waals surface area (Å²) in [7, 11) is 1.90. The number of hydrogen-bond donors (Lipinski definition) is 2. The lowest BCUT2D eigenvalue weighted by molar-refractivity contribution is -0.121. The molecule has 1 aliphatic rings. The average Bonchev–Trinajstić information content (AvgIpc) is 3.22. The summed E-state index contributed by atoms with van der Waals surface area (Å²) in [5.41, 5.74) is 3.01. The van der Waals surface area contributed by atoms with Crippen molar-refractivity contribution in [1.82, 2.24) is 25.4 Å². The zero-order chi connectivity index (χ0) is 14.8. The molecule has 112 valence electrons. The van der Waals surface area contributed by atoms with Crippen molar-refractivity contribution in [3.8, 4) is 0 Å². The van der Waals surface area contributed by atoms with Gasteiger partial charge in [-0.1, -0.05) is 0 Å². The Kier molecular flexibility index (Phi) is 3.88. The van der Waals surface area contributed by atoms with Crippen LogP contribution in [0, 0.1) is 6.92 Å². The number of carbonyl (C=O) groups is 1. The second kappa shape index (κ2) is 5.81. The summed E-state index contributed by atoms with van der Waals surface area (Å²) in [6.45, 7) is 3.39. The van der Waals surface area contributed by atoms with Crippen molar-refractivity contribution in [1.29, 1.82) is 0 Å². The van der Waals surface area contributed by atoms with Gasteiger partial charge in [0.05, 0.1) is 5.69 Å². The van der Waals surface area contributed by atoms with Gasteiger partial charge < -0.3 is 10.6 Å². The molecule has 0 aromatic carbocycles. The van der Waals surface area contributed by atoms with Crippen LogP contribution in [0.5, 0.6) is 0 Å². The van der Waals surface area contributed by atoms with Crippen molar-refractivity contribution in [2.24, 2.45) is 7.05 Å². The van der Waals surface area contributed by atoms with E-state index >= 15 is 0 Å². The number of fused-ring (bicyclic) bond motifs is 1. The summed E-state index contributed by atoms with van der Waals surface area (Å²) in [4.78, 5) is 16.0. The van der Waals surface area contributed by atoms with Gasteiger partial charge in [0.15, 0.2) is 5.65 Å². The van der Waals surface area contributed by atoms with Gasteiger partial charge in [0, 0.05) is 44.2 Å². The number of pyridine rings is 1. The zero-order valence-corrected chi connectivity index (χ0v) is 12.5. The summed E-state index contributed by atoms with van der Waals surface area (Å²) in [5, 5.41) is 11.7. The third kappa shape index (κ3) is 3.39. The van der Waals surface area contributed by atoms with Crippen molar-refractivity contribution >= 4 is 16.9 Å². The molecule has 1 saturated carbocycles. The lowest BCUT2D eigenvalue weighted by atomic mass is 10.2. The van der Waals surface area contributed by atoms with E-state index in [9.17, 15) is 4.79 Å². The van der Waals surface area contributed by atoms with Gasteiger partial charge in [-0.3, -0.25) is 9.48 Å². The van der Waals surface area contributed by atoms with E-state index in [4.69, 9.17) is 0 Å². The normalized spacial score (nSPS) is 14.6. The predicted octanol–water partition coefficient (Wildman–Crippen LogP) is 1.04. The largest absolute Gasteiger partial charge is 0.353 e. The minimum atomic E-state index is 0.140. The van der Waals surface area contributed by atoms with Crippen LogP contribution >= 0.6 is 0 Å². The number of hydrogen-bond acceptors (Lipinski definition) is 4. The Bertz CT molecular complexity index is 659. The maximum Gasteiger partial charge on any atom is 0.221 e. The fourth-order valence-corrected chi connectivity index (χ4v) is 2.41. The van der Waals surface area contributed by atoms with E-state index in [-0.39, 0.29) is 5.91 Å². The summed E-state index contributed by atoms with van der Waals surface area (Å²) < 4.78 is 1.80. The summed E-state index contributed by atoms with van der Waals surface area (Å²) in [5.74, 6) is 0.140. The number of rotatable bonds is 6. The van der Waals surface area contributed by atoms with E-state index < -0.39 is 0 Å². The topological polar surface area (TPSA) is 71.8 Å². The first-order valence-electron chi connectivity index (χ1n) is 7.42. The Morgan fingerprint density at radius 3 is 3.05 bits per heavy atom. The standard InChI is InChI=1S/C15H21N5O/c1-10-13-7-11(9-17-15(13)20(2)19-10)8-16-6-5-14(21)18-12-3-4-12/h7,9,12,16H,3-6,8H2,1-2H3,(H,18,21). The molecule has 21 heavy (non-hydrogen) atoms. The predicted molar refractivity (Wildman–Crippen MR) is 80.7 cm³/mol. The molecule has 2 N–H and O–H groups in total. The lowest BCUT2D eigenvalue weighted by Gasteiger charge is -2.06. The molecule has 2 aromatic rings. The highest BCUT2D eigenvalue weighted by Crippen LogP contribution is 2.18. The molecule has 0 bridgehead atoms. The van der Waals surface area contributed by atoms with E-state index in [0.29, 0.717) is 25.6 Å². The molecule has 1 aliphatic carbocycles. The van der Waals surface area contributed by atoms with Gasteiger partial charge in [-0.15, -0.1) is 0 Å². The first-order chi connectivity index (χ1) is 10.1. The number of aryl methyl sites for hydroxylation is 2. The molecule has 0 spiro atoms. The second-order valence-electron chi connectivity index (χ2n) is 5.69. The molecule has 6 nitrogen and oxygen atoms in total. The maximum absolute atomic E-state index is 11.6. The molecular weight excluding hydrogens is 266 g/mol. The highest BCUT2D eigenvalue weighted by atomic mass is 16.1. The second-order valence-corrected chi connectivity index (χ2v) is 5.69. The summed E-state index contributed by atoms with van der Waals surface area (Å²) in [6.07, 6.45) is 4.66. The van der Waals surface area contributed by atoms with E-state index in [1.807, 2.05) is 20.2 Å². The maximum atomic E-state index is 11.6. The number of aromatic nitrogens is 3. The Morgan fingerprint density at radius 1 is 1.48 bits per heavy atom. The van der Waals surface area contributed by atoms with Crippen molar-refractivity contribution in [3.63, 3.8) is 0 Å². The Hall–Kier alpha value is -1.95. The van der Waals surface area contributed by atoms with Gasteiger partial charge in [0.2, 0.25) is 5.91 Å². The van der Waals surface area contributed by atoms with Gasteiger partial charge in [-0.05, 0) is 31.4 Å². The quantitative estimate of drug-likeness (QED) is 0.779. The van der Waals surface area contributed by atoms with E-state index in [1.54, 1.807) is 4.68 Å². The van der Waals surface area contributed by atoms with Gasteiger partial charge in [0.25, 0.3) is 0 Å². The monoisotopic (exact) mass is 287 g/mol. The summed E-state index contributed by atoms with van der Waals surface area (Å²) in [6, 6.07) is 2.56. The van der Waals surface area contributed by atoms with E-state index in [2.05, 4.69) is 26.8 Å². The van der Waals surface area contributed by atoms with Gasteiger partial charge in [-0.25, -0.2) is 4.98 Å². The third-order valence-electron chi connectivity index (χ3n) is 3.72. The van der Waals surface area contributed by atoms with Crippen LogP contribution in [-0.4, -0.2) is 33.3 Å². The van der Waals surface area contributed by atoms with Crippen LogP contribution in [0.3, 0.4) is 0 Å². The minimum Gasteiger partial charge on any atom is -0.353 e. The Morgan fingerprint density at radius 2 is 2.29 bits per heavy atom. The molecule has 2 heterocycles. The number of carbonyl (C=O) groups excluding carboxylic acids is 1. The third-order valence-corrected chi connectivity index (χ3v) is 3.72. The smallest absolute Gasteiger partial charge is 0.221 e. The number of amides is 1. The molecule has 0 aliphatic heterocycles. The number of nitrogens with one attached hydrogen (secondary N) is 2. The molecule has 1 fully saturated rings. The van der Waals surface area contributed by atoms with Crippen molar-refractivity contribution in [3.05, 3.63) is 23.5 Å². The molecule has 0 atom stereocenters. The average molecular weight is 287 g/mol. The molecule has 2 aromatic heterocycles. The molecule has 0 saturated heterocycles. The SMILES string of the molecule is Cc1nn(C)c2ncc(CNCCC(=O)NC3CC3)cc12. The summed E-state index contributed by atoms with van der Waals surface area (Å²) >= 11 is 0. The van der Waals surface area contributed by atoms with Crippen molar-refractivity contribution in [2.75, 3.05) is 6.54 Å².